The Morgan fingerprint density at radius 3 is 3.33 bits per heavy atom. The van der Waals surface area contributed by atoms with Crippen molar-refractivity contribution in [1.82, 2.24) is 20.3 Å². The van der Waals surface area contributed by atoms with E-state index in [0.29, 0.717) is 12.3 Å². The lowest BCUT2D eigenvalue weighted by atomic mass is 10.2. The second kappa shape index (κ2) is 6.68. The highest BCUT2D eigenvalue weighted by Crippen LogP contribution is 2.12. The molecular weight excluding hydrogens is 292 g/mol. The third-order valence-corrected chi connectivity index (χ3v) is 3.82. The van der Waals surface area contributed by atoms with E-state index in [-0.39, 0.29) is 12.6 Å². The molecule has 21 heavy (non-hydrogen) atoms. The first-order valence-electron chi connectivity index (χ1n) is 6.77. The smallest absolute Gasteiger partial charge is 0.407 e. The molecule has 0 bridgehead atoms. The maximum Gasteiger partial charge on any atom is 0.407 e. The Labute approximate surface area is 125 Å². The molecule has 1 aliphatic rings. The Hall–Kier alpha value is -1.93. The minimum atomic E-state index is -0.462. The number of aromatic nitrogens is 3. The van der Waals surface area contributed by atoms with Crippen LogP contribution in [0.3, 0.4) is 0 Å². The van der Waals surface area contributed by atoms with Gasteiger partial charge in [0.25, 0.3) is 0 Å². The van der Waals surface area contributed by atoms with Gasteiger partial charge >= 0.3 is 6.09 Å². The van der Waals surface area contributed by atoms with Crippen molar-refractivity contribution in [3.63, 3.8) is 0 Å². The number of ether oxygens (including phenoxy) is 2. The van der Waals surface area contributed by atoms with Gasteiger partial charge < -0.3 is 14.8 Å². The highest BCUT2D eigenvalue weighted by atomic mass is 32.1. The van der Waals surface area contributed by atoms with Crippen molar-refractivity contribution in [3.8, 4) is 5.69 Å². The number of nitrogens with zero attached hydrogens (tertiary/aromatic N) is 3. The standard InChI is InChI=1S/C13H16N4O3S/c18-13(20-8-12-2-1-4-19-12)14-6-10-7-17(16-15-10)11-3-5-21-9-11/h3,5,7,9,12H,1-2,4,6,8H2,(H,14,18). The van der Waals surface area contributed by atoms with Crippen LogP contribution in [0, 0.1) is 0 Å². The Balaban J connectivity index is 1.43. The first-order chi connectivity index (χ1) is 10.3. The molecule has 3 rings (SSSR count). The number of nitrogens with one attached hydrogen (secondary N) is 1. The lowest BCUT2D eigenvalue weighted by molar-refractivity contribution is 0.0437. The third kappa shape index (κ3) is 3.79. The Morgan fingerprint density at radius 1 is 1.62 bits per heavy atom. The molecule has 0 aliphatic carbocycles. The van der Waals surface area contributed by atoms with E-state index in [0.717, 1.165) is 25.1 Å². The summed E-state index contributed by atoms with van der Waals surface area (Å²) in [5.74, 6) is 0. The largest absolute Gasteiger partial charge is 0.447 e. The highest BCUT2D eigenvalue weighted by molar-refractivity contribution is 7.08. The van der Waals surface area contributed by atoms with E-state index in [2.05, 4.69) is 15.6 Å². The van der Waals surface area contributed by atoms with E-state index in [1.54, 1.807) is 22.2 Å². The van der Waals surface area contributed by atoms with Crippen molar-refractivity contribution >= 4 is 17.4 Å². The predicted molar refractivity (Wildman–Crippen MR) is 76.4 cm³/mol. The van der Waals surface area contributed by atoms with Crippen molar-refractivity contribution < 1.29 is 14.3 Å². The van der Waals surface area contributed by atoms with Crippen LogP contribution in [0.15, 0.2) is 23.0 Å². The summed E-state index contributed by atoms with van der Waals surface area (Å²) in [7, 11) is 0. The van der Waals surface area contributed by atoms with Gasteiger partial charge in [-0.1, -0.05) is 5.21 Å². The molecule has 1 amide bonds. The second-order valence-corrected chi connectivity index (χ2v) is 5.50. The molecular formula is C13H16N4O3S. The fourth-order valence-corrected chi connectivity index (χ4v) is 2.67. The number of thiophene rings is 1. The average molecular weight is 308 g/mol. The zero-order valence-corrected chi connectivity index (χ0v) is 12.2. The van der Waals surface area contributed by atoms with Gasteiger partial charge in [0.05, 0.1) is 24.5 Å². The van der Waals surface area contributed by atoms with Crippen LogP contribution in [0.4, 0.5) is 4.79 Å². The van der Waals surface area contributed by atoms with Gasteiger partial charge in [-0.15, -0.1) is 5.10 Å². The molecule has 0 saturated carbocycles. The van der Waals surface area contributed by atoms with Crippen LogP contribution in [0.25, 0.3) is 5.69 Å². The molecule has 1 fully saturated rings. The maximum atomic E-state index is 11.6. The topological polar surface area (TPSA) is 78.3 Å². The van der Waals surface area contributed by atoms with Gasteiger partial charge in [0.15, 0.2) is 0 Å². The number of carbonyl (C=O) groups is 1. The number of hydrogen-bond donors (Lipinski definition) is 1. The Bertz CT molecular complexity index is 578. The van der Waals surface area contributed by atoms with Crippen LogP contribution in [0.5, 0.6) is 0 Å². The van der Waals surface area contributed by atoms with Gasteiger partial charge in [0.2, 0.25) is 0 Å². The number of hydrogen-bond acceptors (Lipinski definition) is 6. The van der Waals surface area contributed by atoms with Crippen molar-refractivity contribution in [1.29, 1.82) is 0 Å². The van der Waals surface area contributed by atoms with Gasteiger partial charge in [-0.2, -0.15) is 11.3 Å². The Morgan fingerprint density at radius 2 is 2.57 bits per heavy atom. The third-order valence-electron chi connectivity index (χ3n) is 3.15. The molecule has 8 heteroatoms. The maximum absolute atomic E-state index is 11.6. The molecule has 7 nitrogen and oxygen atoms in total. The summed E-state index contributed by atoms with van der Waals surface area (Å²) in [4.78, 5) is 11.6. The predicted octanol–water partition coefficient (Wildman–Crippen LogP) is 1.73. The lowest BCUT2D eigenvalue weighted by Gasteiger charge is -2.10. The first-order valence-corrected chi connectivity index (χ1v) is 7.71. The van der Waals surface area contributed by atoms with E-state index in [4.69, 9.17) is 9.47 Å². The van der Waals surface area contributed by atoms with Crippen LogP contribution in [0.1, 0.15) is 18.5 Å². The minimum absolute atomic E-state index is 0.0372. The van der Waals surface area contributed by atoms with Crippen molar-refractivity contribution in [2.75, 3.05) is 13.2 Å². The van der Waals surface area contributed by atoms with E-state index in [9.17, 15) is 4.79 Å². The molecule has 1 atom stereocenters. The van der Waals surface area contributed by atoms with E-state index < -0.39 is 6.09 Å². The van der Waals surface area contributed by atoms with Crippen LogP contribution in [0.2, 0.25) is 0 Å². The van der Waals surface area contributed by atoms with Crippen LogP contribution in [-0.4, -0.2) is 40.4 Å². The summed E-state index contributed by atoms with van der Waals surface area (Å²) >= 11 is 1.59. The number of amides is 1. The highest BCUT2D eigenvalue weighted by Gasteiger charge is 2.17. The number of carbonyl (C=O) groups excluding carboxylic acids is 1. The molecule has 1 aliphatic heterocycles. The molecule has 112 valence electrons. The number of alkyl carbamates (subject to hydrolysis) is 1. The molecule has 1 saturated heterocycles. The van der Waals surface area contributed by atoms with E-state index in [1.807, 2.05) is 16.8 Å². The summed E-state index contributed by atoms with van der Waals surface area (Å²) in [5, 5.41) is 14.6. The Kier molecular flexibility index (Phi) is 4.46. The summed E-state index contributed by atoms with van der Waals surface area (Å²) in [6.45, 7) is 1.34. The normalized spacial score (nSPS) is 17.8. The molecule has 0 aromatic carbocycles. The average Bonchev–Trinajstić information content (AvgIpc) is 3.24. The molecule has 3 heterocycles. The van der Waals surface area contributed by atoms with Crippen LogP contribution >= 0.6 is 11.3 Å². The molecule has 0 radical (unpaired) electrons. The second-order valence-electron chi connectivity index (χ2n) is 4.72. The van der Waals surface area contributed by atoms with Crippen LogP contribution in [-0.2, 0) is 16.0 Å². The fraction of sp³-hybridized carbons (Fsp3) is 0.462. The number of rotatable bonds is 5. The van der Waals surface area contributed by atoms with E-state index in [1.165, 1.54) is 0 Å². The molecule has 1 unspecified atom stereocenters. The summed E-state index contributed by atoms with van der Waals surface area (Å²) < 4.78 is 12.2. The van der Waals surface area contributed by atoms with E-state index >= 15 is 0 Å². The van der Waals surface area contributed by atoms with Crippen molar-refractivity contribution in [2.45, 2.75) is 25.5 Å². The van der Waals surface area contributed by atoms with Crippen LogP contribution < -0.4 is 5.32 Å². The van der Waals surface area contributed by atoms with Gasteiger partial charge in [0, 0.05) is 12.0 Å². The lowest BCUT2D eigenvalue weighted by Crippen LogP contribution is -2.27. The molecule has 2 aromatic heterocycles. The fourth-order valence-electron chi connectivity index (χ4n) is 2.05. The quantitative estimate of drug-likeness (QED) is 0.910. The summed E-state index contributed by atoms with van der Waals surface area (Å²) in [5.41, 5.74) is 1.63. The van der Waals surface area contributed by atoms with Crippen molar-refractivity contribution in [3.05, 3.63) is 28.7 Å². The summed E-state index contributed by atoms with van der Waals surface area (Å²) in [6.07, 6.45) is 3.33. The van der Waals surface area contributed by atoms with Gasteiger partial charge in [-0.05, 0) is 24.3 Å². The molecule has 0 spiro atoms. The summed E-state index contributed by atoms with van der Waals surface area (Å²) in [6, 6.07) is 1.95. The molecule has 1 N–H and O–H groups in total. The van der Waals surface area contributed by atoms with Gasteiger partial charge in [0.1, 0.15) is 12.3 Å². The zero-order chi connectivity index (χ0) is 14.5. The monoisotopic (exact) mass is 308 g/mol. The zero-order valence-electron chi connectivity index (χ0n) is 11.4. The first kappa shape index (κ1) is 14.0. The molecule has 2 aromatic rings. The van der Waals surface area contributed by atoms with Gasteiger partial charge in [-0.3, -0.25) is 0 Å². The minimum Gasteiger partial charge on any atom is -0.447 e. The van der Waals surface area contributed by atoms with Crippen molar-refractivity contribution in [2.24, 2.45) is 0 Å². The van der Waals surface area contributed by atoms with Gasteiger partial charge in [-0.25, -0.2) is 9.48 Å². The SMILES string of the molecule is O=C(NCc1cn(-c2ccsc2)nn1)OCC1CCCO1.